The van der Waals surface area contributed by atoms with Crippen molar-refractivity contribution >= 4 is 39.0 Å². The van der Waals surface area contributed by atoms with Crippen LogP contribution in [0.4, 0.5) is 15.9 Å². The molecule has 0 atom stereocenters. The first-order valence-corrected chi connectivity index (χ1v) is 6.08. The van der Waals surface area contributed by atoms with E-state index in [1.807, 2.05) is 6.92 Å². The van der Waals surface area contributed by atoms with Gasteiger partial charge in [0.1, 0.15) is 16.8 Å². The van der Waals surface area contributed by atoms with Gasteiger partial charge in [0, 0.05) is 5.69 Å². The number of hydrogen-bond donors (Lipinski definition) is 1. The molecule has 1 N–H and O–H groups in total. The Kier molecular flexibility index (Phi) is 3.64. The van der Waals surface area contributed by atoms with E-state index in [9.17, 15) is 4.39 Å². The minimum atomic E-state index is -0.285. The minimum absolute atomic E-state index is 0.285. The summed E-state index contributed by atoms with van der Waals surface area (Å²) in [6.07, 6.45) is 0. The number of benzene rings is 1. The highest BCUT2D eigenvalue weighted by atomic mass is 79.9. The van der Waals surface area contributed by atoms with E-state index in [-0.39, 0.29) is 5.82 Å². The Hall–Kier alpha value is -1.13. The fraction of sp³-hybridized carbons (Fsp3) is 0.0833. The summed E-state index contributed by atoms with van der Waals surface area (Å²) in [7, 11) is 0. The number of pyridine rings is 1. The maximum Gasteiger partial charge on any atom is 0.137 e. The molecule has 0 spiro atoms. The molecule has 0 unspecified atom stereocenters. The van der Waals surface area contributed by atoms with Crippen LogP contribution in [0.3, 0.4) is 0 Å². The van der Waals surface area contributed by atoms with Gasteiger partial charge < -0.3 is 5.32 Å². The third-order valence-electron chi connectivity index (χ3n) is 2.25. The SMILES string of the molecule is Cc1cc(F)c(Br)cc1Nc1cccc(Cl)n1. The summed E-state index contributed by atoms with van der Waals surface area (Å²) in [5.41, 5.74) is 1.58. The zero-order valence-corrected chi connectivity index (χ0v) is 11.3. The molecule has 2 aromatic rings. The van der Waals surface area contributed by atoms with Crippen molar-refractivity contribution in [2.45, 2.75) is 6.92 Å². The number of aryl methyl sites for hydroxylation is 1. The smallest absolute Gasteiger partial charge is 0.137 e. The molecule has 0 aliphatic carbocycles. The van der Waals surface area contributed by atoms with E-state index in [1.165, 1.54) is 6.07 Å². The van der Waals surface area contributed by atoms with Gasteiger partial charge in [-0.05, 0) is 52.7 Å². The third-order valence-corrected chi connectivity index (χ3v) is 3.06. The predicted octanol–water partition coefficient (Wildman–Crippen LogP) is 4.69. The van der Waals surface area contributed by atoms with Gasteiger partial charge in [-0.15, -0.1) is 0 Å². The molecule has 88 valence electrons. The molecule has 1 heterocycles. The summed E-state index contributed by atoms with van der Waals surface area (Å²) in [6, 6.07) is 8.42. The first-order chi connectivity index (χ1) is 8.06. The van der Waals surface area contributed by atoms with Crippen molar-refractivity contribution in [1.29, 1.82) is 0 Å². The number of anilines is 2. The molecular formula is C12H9BrClFN2. The van der Waals surface area contributed by atoms with Crippen molar-refractivity contribution in [3.8, 4) is 0 Å². The predicted molar refractivity (Wildman–Crippen MR) is 71.4 cm³/mol. The average Bonchev–Trinajstić information content (AvgIpc) is 2.26. The molecule has 2 nitrogen and oxygen atoms in total. The summed E-state index contributed by atoms with van der Waals surface area (Å²) in [4.78, 5) is 4.11. The number of nitrogens with zero attached hydrogens (tertiary/aromatic N) is 1. The second kappa shape index (κ2) is 5.02. The molecule has 0 amide bonds. The Balaban J connectivity index is 2.33. The van der Waals surface area contributed by atoms with Gasteiger partial charge in [-0.2, -0.15) is 0 Å². The van der Waals surface area contributed by atoms with E-state index in [0.717, 1.165) is 11.3 Å². The van der Waals surface area contributed by atoms with Crippen molar-refractivity contribution in [2.75, 3.05) is 5.32 Å². The van der Waals surface area contributed by atoms with Crippen LogP contribution in [0.25, 0.3) is 0 Å². The zero-order chi connectivity index (χ0) is 12.4. The molecule has 5 heteroatoms. The molecule has 0 saturated carbocycles. The molecule has 0 fully saturated rings. The lowest BCUT2D eigenvalue weighted by atomic mass is 10.2. The molecule has 0 bridgehead atoms. The summed E-state index contributed by atoms with van der Waals surface area (Å²) in [6.45, 7) is 1.82. The van der Waals surface area contributed by atoms with Crippen LogP contribution in [-0.4, -0.2) is 4.98 Å². The second-order valence-corrected chi connectivity index (χ2v) is 4.79. The topological polar surface area (TPSA) is 24.9 Å². The van der Waals surface area contributed by atoms with Gasteiger partial charge in [0.25, 0.3) is 0 Å². The molecular weight excluding hydrogens is 307 g/mol. The van der Waals surface area contributed by atoms with Crippen LogP contribution in [0.5, 0.6) is 0 Å². The Bertz CT molecular complexity index is 560. The lowest BCUT2D eigenvalue weighted by molar-refractivity contribution is 0.620. The second-order valence-electron chi connectivity index (χ2n) is 3.55. The van der Waals surface area contributed by atoms with Crippen molar-refractivity contribution in [1.82, 2.24) is 4.98 Å². The molecule has 0 radical (unpaired) electrons. The summed E-state index contributed by atoms with van der Waals surface area (Å²) < 4.78 is 13.7. The van der Waals surface area contributed by atoms with E-state index in [2.05, 4.69) is 26.2 Å². The fourth-order valence-corrected chi connectivity index (χ4v) is 1.90. The zero-order valence-electron chi connectivity index (χ0n) is 8.97. The highest BCUT2D eigenvalue weighted by Gasteiger charge is 2.06. The van der Waals surface area contributed by atoms with Crippen LogP contribution >= 0.6 is 27.5 Å². The van der Waals surface area contributed by atoms with Gasteiger partial charge in [0.05, 0.1) is 4.47 Å². The van der Waals surface area contributed by atoms with Gasteiger partial charge in [-0.25, -0.2) is 9.37 Å². The Morgan fingerprint density at radius 3 is 2.82 bits per heavy atom. The number of hydrogen-bond acceptors (Lipinski definition) is 2. The van der Waals surface area contributed by atoms with Crippen LogP contribution in [0.1, 0.15) is 5.56 Å². The van der Waals surface area contributed by atoms with Gasteiger partial charge in [-0.1, -0.05) is 17.7 Å². The van der Waals surface area contributed by atoms with E-state index in [4.69, 9.17) is 11.6 Å². The number of rotatable bonds is 2. The maximum absolute atomic E-state index is 13.3. The van der Waals surface area contributed by atoms with Crippen molar-refractivity contribution in [3.63, 3.8) is 0 Å². The average molecular weight is 316 g/mol. The quantitative estimate of drug-likeness (QED) is 0.813. The Labute approximate surface area is 112 Å². The van der Waals surface area contributed by atoms with Crippen LogP contribution in [-0.2, 0) is 0 Å². The molecule has 0 saturated heterocycles. The van der Waals surface area contributed by atoms with E-state index < -0.39 is 0 Å². The highest BCUT2D eigenvalue weighted by Crippen LogP contribution is 2.26. The largest absolute Gasteiger partial charge is 0.340 e. The van der Waals surface area contributed by atoms with E-state index in [1.54, 1.807) is 24.3 Å². The normalized spacial score (nSPS) is 10.4. The van der Waals surface area contributed by atoms with Gasteiger partial charge >= 0.3 is 0 Å². The Morgan fingerprint density at radius 1 is 1.35 bits per heavy atom. The monoisotopic (exact) mass is 314 g/mol. The van der Waals surface area contributed by atoms with E-state index in [0.29, 0.717) is 15.4 Å². The number of aromatic nitrogens is 1. The van der Waals surface area contributed by atoms with Gasteiger partial charge in [0.2, 0.25) is 0 Å². The number of nitrogens with one attached hydrogen (secondary N) is 1. The summed E-state index contributed by atoms with van der Waals surface area (Å²) >= 11 is 8.93. The summed E-state index contributed by atoms with van der Waals surface area (Å²) in [5, 5.41) is 3.50. The van der Waals surface area contributed by atoms with Crippen LogP contribution in [0, 0.1) is 12.7 Å². The number of halogens is 3. The molecule has 0 aliphatic rings. The highest BCUT2D eigenvalue weighted by molar-refractivity contribution is 9.10. The fourth-order valence-electron chi connectivity index (χ4n) is 1.40. The van der Waals surface area contributed by atoms with Crippen molar-refractivity contribution in [2.24, 2.45) is 0 Å². The van der Waals surface area contributed by atoms with Gasteiger partial charge in [-0.3, -0.25) is 0 Å². The Morgan fingerprint density at radius 2 is 2.12 bits per heavy atom. The molecule has 17 heavy (non-hydrogen) atoms. The van der Waals surface area contributed by atoms with Crippen molar-refractivity contribution < 1.29 is 4.39 Å². The molecule has 1 aromatic heterocycles. The van der Waals surface area contributed by atoms with Crippen molar-refractivity contribution in [3.05, 3.63) is 51.3 Å². The first-order valence-electron chi connectivity index (χ1n) is 4.91. The van der Waals surface area contributed by atoms with Crippen LogP contribution in [0.15, 0.2) is 34.8 Å². The minimum Gasteiger partial charge on any atom is -0.340 e. The standard InChI is InChI=1S/C12H9BrClFN2/c1-7-5-9(15)8(13)6-10(7)16-12-4-2-3-11(14)17-12/h2-6H,1H3,(H,16,17). The van der Waals surface area contributed by atoms with Gasteiger partial charge in [0.15, 0.2) is 0 Å². The lowest BCUT2D eigenvalue weighted by Crippen LogP contribution is -1.96. The lowest BCUT2D eigenvalue weighted by Gasteiger charge is -2.10. The molecule has 0 aliphatic heterocycles. The summed E-state index contributed by atoms with van der Waals surface area (Å²) in [5.74, 6) is 0.339. The maximum atomic E-state index is 13.3. The first kappa shape index (κ1) is 12.3. The van der Waals surface area contributed by atoms with E-state index >= 15 is 0 Å². The molecule has 2 rings (SSSR count). The molecule has 1 aromatic carbocycles. The van der Waals surface area contributed by atoms with Crippen LogP contribution < -0.4 is 5.32 Å². The van der Waals surface area contributed by atoms with Crippen LogP contribution in [0.2, 0.25) is 5.15 Å². The third kappa shape index (κ3) is 2.96.